The van der Waals surface area contributed by atoms with Crippen LogP contribution in [0.4, 0.5) is 4.39 Å². The number of piperidine rings is 1. The molecule has 10 unspecified atom stereocenters. The molecule has 0 radical (unpaired) electrons. The molecule has 1 aliphatic heterocycles. The van der Waals surface area contributed by atoms with Crippen molar-refractivity contribution < 1.29 is 19.4 Å². The molecule has 4 saturated carbocycles. The molecule has 7 aliphatic rings. The number of hydrogen-bond acceptors (Lipinski definition) is 4. The zero-order chi connectivity index (χ0) is 36.8. The van der Waals surface area contributed by atoms with Gasteiger partial charge < -0.3 is 20.4 Å². The van der Waals surface area contributed by atoms with Gasteiger partial charge in [-0.3, -0.25) is 4.79 Å². The predicted molar refractivity (Wildman–Crippen MR) is 205 cm³/mol. The number of carboxylic acids is 1. The fourth-order valence-corrected chi connectivity index (χ4v) is 14.8. The van der Waals surface area contributed by atoms with Gasteiger partial charge in [0.05, 0.1) is 11.0 Å². The average Bonchev–Trinajstić information content (AvgIpc) is 3.46. The highest BCUT2D eigenvalue weighted by Gasteiger charge is 2.70. The van der Waals surface area contributed by atoms with Crippen LogP contribution >= 0.6 is 0 Å². The number of carboxylic acid groups (broad SMARTS) is 1. The number of likely N-dealkylation sites (tertiary alicyclic amines) is 1. The highest BCUT2D eigenvalue weighted by atomic mass is 19.1. The second-order valence-electron chi connectivity index (χ2n) is 20.8. The van der Waals surface area contributed by atoms with Crippen molar-refractivity contribution in [3.8, 4) is 0 Å². The molecule has 0 aromatic heterocycles. The normalized spacial score (nSPS) is 46.1. The van der Waals surface area contributed by atoms with Crippen molar-refractivity contribution in [1.29, 1.82) is 0 Å². The molecule has 0 aromatic rings. The monoisotopic (exact) mass is 707 g/mol. The van der Waals surface area contributed by atoms with E-state index in [9.17, 15) is 19.4 Å². The van der Waals surface area contributed by atoms with E-state index in [4.69, 9.17) is 0 Å². The second-order valence-corrected chi connectivity index (χ2v) is 20.8. The van der Waals surface area contributed by atoms with E-state index < -0.39 is 23.7 Å². The second kappa shape index (κ2) is 12.8. The Balaban J connectivity index is 1.13. The van der Waals surface area contributed by atoms with Crippen molar-refractivity contribution in [2.75, 3.05) is 32.9 Å². The van der Waals surface area contributed by atoms with Crippen molar-refractivity contribution >= 4 is 5.97 Å². The Hall–Kier alpha value is -1.50. The number of alkyl halides is 1. The molecule has 0 spiro atoms. The minimum Gasteiger partial charge on any atom is -0.481 e. The number of nitrogens with zero attached hydrogens (tertiary/aromatic N) is 1. The van der Waals surface area contributed by atoms with Crippen LogP contribution in [0.3, 0.4) is 0 Å². The van der Waals surface area contributed by atoms with Crippen LogP contribution in [0, 0.1) is 56.7 Å². The molecule has 51 heavy (non-hydrogen) atoms. The van der Waals surface area contributed by atoms with E-state index in [2.05, 4.69) is 70.5 Å². The molecule has 0 aromatic carbocycles. The number of allylic oxidation sites excluding steroid dienone is 5. The number of carbonyl (C=O) groups is 1. The van der Waals surface area contributed by atoms with Crippen molar-refractivity contribution in [1.82, 2.24) is 10.2 Å². The molecule has 7 rings (SSSR count). The maximum atomic E-state index is 14.0. The number of aliphatic hydroxyl groups is 1. The zero-order valence-corrected chi connectivity index (χ0v) is 33.3. The molecule has 0 amide bonds. The van der Waals surface area contributed by atoms with Crippen LogP contribution in [0.25, 0.3) is 0 Å². The van der Waals surface area contributed by atoms with Crippen molar-refractivity contribution in [3.05, 3.63) is 35.5 Å². The van der Waals surface area contributed by atoms with E-state index in [0.717, 1.165) is 45.4 Å². The summed E-state index contributed by atoms with van der Waals surface area (Å²) in [6, 6.07) is 0. The third kappa shape index (κ3) is 5.71. The van der Waals surface area contributed by atoms with Gasteiger partial charge in [-0.05, 0) is 166 Å². The van der Waals surface area contributed by atoms with Gasteiger partial charge in [0, 0.05) is 31.7 Å². The maximum Gasteiger partial charge on any atom is 0.312 e. The summed E-state index contributed by atoms with van der Waals surface area (Å²) in [7, 11) is 0. The van der Waals surface area contributed by atoms with Gasteiger partial charge in [0.25, 0.3) is 0 Å². The Bertz CT molecular complexity index is 1460. The number of hydrogen-bond donors (Lipinski definition) is 3. The fraction of sp³-hybridized carbons (Fsp3) is 0.844. The Labute approximate surface area is 309 Å². The van der Waals surface area contributed by atoms with Crippen LogP contribution in [0.15, 0.2) is 35.5 Å². The van der Waals surface area contributed by atoms with E-state index in [0.29, 0.717) is 54.3 Å². The fourth-order valence-electron chi connectivity index (χ4n) is 14.8. The summed E-state index contributed by atoms with van der Waals surface area (Å²) >= 11 is 0. The number of nitrogens with one attached hydrogen (secondary N) is 1. The lowest BCUT2D eigenvalue weighted by Gasteiger charge is -2.72. The summed E-state index contributed by atoms with van der Waals surface area (Å²) in [4.78, 5) is 14.6. The quantitative estimate of drug-likeness (QED) is 0.219. The molecule has 6 aliphatic carbocycles. The highest BCUT2D eigenvalue weighted by Crippen LogP contribution is 2.76. The van der Waals surface area contributed by atoms with Gasteiger partial charge in [-0.1, -0.05) is 58.9 Å². The molecular weight excluding hydrogens is 636 g/mol. The first-order chi connectivity index (χ1) is 23.9. The largest absolute Gasteiger partial charge is 0.481 e. The molecule has 1 saturated heterocycles. The zero-order valence-electron chi connectivity index (χ0n) is 33.3. The van der Waals surface area contributed by atoms with E-state index >= 15 is 0 Å². The third-order valence-corrected chi connectivity index (χ3v) is 18.2. The van der Waals surface area contributed by atoms with Crippen molar-refractivity contribution in [2.24, 2.45) is 56.7 Å². The Morgan fingerprint density at radius 2 is 1.63 bits per heavy atom. The van der Waals surface area contributed by atoms with E-state index in [-0.39, 0.29) is 21.8 Å². The van der Waals surface area contributed by atoms with Crippen LogP contribution in [-0.4, -0.2) is 65.1 Å². The molecular formula is C45H71FN2O3. The molecule has 5 nitrogen and oxygen atoms in total. The molecule has 6 heteroatoms. The van der Waals surface area contributed by atoms with Crippen molar-refractivity contribution in [2.45, 2.75) is 149 Å². The maximum absolute atomic E-state index is 14.0. The minimum atomic E-state index is -1.25. The van der Waals surface area contributed by atoms with E-state index in [1.165, 1.54) is 68.1 Å². The third-order valence-electron chi connectivity index (χ3n) is 18.2. The summed E-state index contributed by atoms with van der Waals surface area (Å²) < 4.78 is 14.0. The molecule has 1 heterocycles. The summed E-state index contributed by atoms with van der Waals surface area (Å²) in [6.07, 6.45) is 19.1. The summed E-state index contributed by atoms with van der Waals surface area (Å²) in [5.41, 5.74) is 3.37. The standard InChI is InChI=1S/C45H71FN2O3/c1-30(2)32-13-20-45(47-25-28-48-26-23-40(5,51)24-27-48)22-21-42(7)34(37(32)45)9-10-36-41(6)16-14-33(39(3,4)35(41)15-17-43(36,42)8)31-11-18-44(29-46,19-12-31)38(49)50/h11,14,32,34-37,47,51H,1,9-10,12-13,15-29H2,2-8H3,(H,49,50). The van der Waals surface area contributed by atoms with Crippen molar-refractivity contribution in [3.63, 3.8) is 0 Å². The lowest BCUT2D eigenvalue weighted by Crippen LogP contribution is -2.68. The Morgan fingerprint density at radius 3 is 2.25 bits per heavy atom. The van der Waals surface area contributed by atoms with Gasteiger partial charge in [-0.15, -0.1) is 0 Å². The lowest BCUT2D eigenvalue weighted by molar-refractivity contribution is -0.221. The molecule has 5 fully saturated rings. The van der Waals surface area contributed by atoms with Gasteiger partial charge in [-0.25, -0.2) is 4.39 Å². The van der Waals surface area contributed by atoms with Crippen LogP contribution in [0.2, 0.25) is 0 Å². The minimum absolute atomic E-state index is 0.00313. The highest BCUT2D eigenvalue weighted by molar-refractivity contribution is 5.75. The SMILES string of the molecule is C=C(C)C1CCC2(NCCN3CCC(C)(O)CC3)CCC3(C)C(CCC4C5(C)CC=C(C6=CCC(CF)(C(=O)O)CC6)C(C)(C)C5CCC43C)C12. The topological polar surface area (TPSA) is 72.8 Å². The van der Waals surface area contributed by atoms with Gasteiger partial charge in [-0.2, -0.15) is 0 Å². The Kier molecular flexibility index (Phi) is 9.48. The summed E-state index contributed by atoms with van der Waals surface area (Å²) in [6.45, 7) is 25.3. The first-order valence-corrected chi connectivity index (χ1v) is 20.9. The number of halogens is 1. The first-order valence-electron chi connectivity index (χ1n) is 20.9. The number of fused-ring (bicyclic) bond motifs is 7. The number of rotatable bonds is 8. The summed E-state index contributed by atoms with van der Waals surface area (Å²) in [5, 5.41) is 24.6. The lowest BCUT2D eigenvalue weighted by atomic mass is 9.33. The van der Waals surface area contributed by atoms with E-state index in [1.807, 2.05) is 6.92 Å². The van der Waals surface area contributed by atoms with Crippen LogP contribution in [-0.2, 0) is 4.79 Å². The van der Waals surface area contributed by atoms with Gasteiger partial charge >= 0.3 is 5.97 Å². The predicted octanol–water partition coefficient (Wildman–Crippen LogP) is 9.52. The number of aliphatic carboxylic acids is 1. The Morgan fingerprint density at radius 1 is 0.902 bits per heavy atom. The van der Waals surface area contributed by atoms with Gasteiger partial charge in [0.15, 0.2) is 0 Å². The average molecular weight is 707 g/mol. The van der Waals surface area contributed by atoms with Gasteiger partial charge in [0.1, 0.15) is 6.67 Å². The smallest absolute Gasteiger partial charge is 0.312 e. The van der Waals surface area contributed by atoms with Crippen LogP contribution in [0.1, 0.15) is 138 Å². The molecule has 286 valence electrons. The molecule has 10 atom stereocenters. The summed E-state index contributed by atoms with van der Waals surface area (Å²) in [5.74, 6) is 2.21. The molecule has 3 N–H and O–H groups in total. The van der Waals surface area contributed by atoms with Crippen LogP contribution < -0.4 is 5.32 Å². The first kappa shape index (κ1) is 37.8. The van der Waals surface area contributed by atoms with Gasteiger partial charge in [0.2, 0.25) is 0 Å². The van der Waals surface area contributed by atoms with E-state index in [1.54, 1.807) is 0 Å². The molecule has 0 bridgehead atoms. The van der Waals surface area contributed by atoms with Crippen LogP contribution in [0.5, 0.6) is 0 Å².